The summed E-state index contributed by atoms with van der Waals surface area (Å²) in [6.07, 6.45) is 2.42. The Morgan fingerprint density at radius 3 is 2.54 bits per heavy atom. The number of carbonyl (C=O) groups is 1. The van der Waals surface area contributed by atoms with Crippen molar-refractivity contribution in [1.29, 1.82) is 5.26 Å². The Bertz CT molecular complexity index is 849. The molecule has 0 fully saturated rings. The predicted molar refractivity (Wildman–Crippen MR) is 103 cm³/mol. The predicted octanol–water partition coefficient (Wildman–Crippen LogP) is 3.96. The van der Waals surface area contributed by atoms with E-state index in [0.717, 1.165) is 12.0 Å². The number of phenolic OH excluding ortho intramolecular Hbond substituents is 1. The van der Waals surface area contributed by atoms with Gasteiger partial charge in [-0.15, -0.1) is 0 Å². The van der Waals surface area contributed by atoms with Crippen LogP contribution in [0.15, 0.2) is 54.2 Å². The summed E-state index contributed by atoms with van der Waals surface area (Å²) in [6.45, 7) is 5.84. The highest BCUT2D eigenvalue weighted by Gasteiger charge is 2.12. The van der Waals surface area contributed by atoms with Gasteiger partial charge in [0.1, 0.15) is 17.4 Å². The van der Waals surface area contributed by atoms with Crippen LogP contribution in [0.2, 0.25) is 0 Å². The first-order valence-electron chi connectivity index (χ1n) is 8.50. The first-order chi connectivity index (χ1) is 12.4. The van der Waals surface area contributed by atoms with E-state index in [4.69, 9.17) is 0 Å². The summed E-state index contributed by atoms with van der Waals surface area (Å²) in [7, 11) is 0. The highest BCUT2D eigenvalue weighted by Crippen LogP contribution is 2.20. The van der Waals surface area contributed by atoms with Gasteiger partial charge in [0.05, 0.1) is 0 Å². The zero-order chi connectivity index (χ0) is 19.1. The maximum absolute atomic E-state index is 12.3. The van der Waals surface area contributed by atoms with Crippen LogP contribution in [0.5, 0.6) is 5.75 Å². The van der Waals surface area contributed by atoms with Crippen molar-refractivity contribution in [3.8, 4) is 11.8 Å². The van der Waals surface area contributed by atoms with E-state index in [9.17, 15) is 15.2 Å². The molecule has 0 saturated carbocycles. The van der Waals surface area contributed by atoms with Gasteiger partial charge in [0.15, 0.2) is 0 Å². The van der Waals surface area contributed by atoms with Crippen molar-refractivity contribution < 1.29 is 9.90 Å². The van der Waals surface area contributed by atoms with Crippen LogP contribution in [0.1, 0.15) is 36.6 Å². The van der Waals surface area contributed by atoms with Crippen LogP contribution < -0.4 is 10.6 Å². The second-order valence-corrected chi connectivity index (χ2v) is 6.11. The van der Waals surface area contributed by atoms with E-state index in [1.54, 1.807) is 19.1 Å². The molecule has 2 aromatic carbocycles. The van der Waals surface area contributed by atoms with Crippen LogP contribution in [0.25, 0.3) is 0 Å². The summed E-state index contributed by atoms with van der Waals surface area (Å²) in [5, 5.41) is 24.5. The molecule has 1 unspecified atom stereocenters. The number of nitriles is 1. The summed E-state index contributed by atoms with van der Waals surface area (Å²) < 4.78 is 0. The molecule has 5 heteroatoms. The molecule has 0 saturated heterocycles. The maximum Gasteiger partial charge on any atom is 0.267 e. The van der Waals surface area contributed by atoms with Crippen molar-refractivity contribution in [3.63, 3.8) is 0 Å². The minimum Gasteiger partial charge on any atom is -0.508 e. The number of amides is 1. The average molecular weight is 349 g/mol. The van der Waals surface area contributed by atoms with Crippen molar-refractivity contribution in [1.82, 2.24) is 5.32 Å². The van der Waals surface area contributed by atoms with Crippen LogP contribution in [0.4, 0.5) is 5.69 Å². The molecule has 2 aromatic rings. The number of anilines is 1. The Balaban J connectivity index is 2.06. The molecule has 0 aliphatic carbocycles. The summed E-state index contributed by atoms with van der Waals surface area (Å²) >= 11 is 0. The lowest BCUT2D eigenvalue weighted by atomic mass is 10.1. The van der Waals surface area contributed by atoms with Gasteiger partial charge in [0.2, 0.25) is 0 Å². The van der Waals surface area contributed by atoms with E-state index in [2.05, 4.69) is 29.7 Å². The zero-order valence-electron chi connectivity index (χ0n) is 15.2. The standard InChI is InChI=1S/C21H23N3O2/c1-4-16-5-7-17(8-6-16)15(3)23-13-18(12-22)21(26)24-20-10-9-19(25)11-14(20)2/h5-11,13,15,23,25H,4H2,1-3H3,(H,24,26)/b18-13-. The SMILES string of the molecule is CCc1ccc(C(C)N/C=C(/C#N)C(=O)Nc2ccc(O)cc2C)cc1. The number of carbonyl (C=O) groups excluding carboxylic acids is 1. The smallest absolute Gasteiger partial charge is 0.267 e. The molecule has 0 spiro atoms. The van der Waals surface area contributed by atoms with Gasteiger partial charge in [-0.25, -0.2) is 0 Å². The lowest BCUT2D eigenvalue weighted by molar-refractivity contribution is -0.112. The zero-order valence-corrected chi connectivity index (χ0v) is 15.2. The van der Waals surface area contributed by atoms with Gasteiger partial charge < -0.3 is 15.7 Å². The minimum absolute atomic E-state index is 0.0190. The van der Waals surface area contributed by atoms with E-state index < -0.39 is 5.91 Å². The second-order valence-electron chi connectivity index (χ2n) is 6.11. The molecule has 0 aliphatic heterocycles. The van der Waals surface area contributed by atoms with Crippen molar-refractivity contribution in [3.05, 3.63) is 70.9 Å². The van der Waals surface area contributed by atoms with Gasteiger partial charge in [-0.05, 0) is 55.2 Å². The number of nitrogens with zero attached hydrogens (tertiary/aromatic N) is 1. The number of benzene rings is 2. The Morgan fingerprint density at radius 1 is 1.27 bits per heavy atom. The average Bonchev–Trinajstić information content (AvgIpc) is 2.64. The number of rotatable bonds is 6. The van der Waals surface area contributed by atoms with Gasteiger partial charge in [0.25, 0.3) is 5.91 Å². The van der Waals surface area contributed by atoms with E-state index in [-0.39, 0.29) is 17.4 Å². The fourth-order valence-corrected chi connectivity index (χ4v) is 2.47. The van der Waals surface area contributed by atoms with Crippen LogP contribution in [0.3, 0.4) is 0 Å². The van der Waals surface area contributed by atoms with E-state index in [1.807, 2.05) is 25.1 Å². The summed E-state index contributed by atoms with van der Waals surface area (Å²) in [5.74, 6) is -0.372. The fraction of sp³-hybridized carbons (Fsp3) is 0.238. The number of phenols is 1. The third kappa shape index (κ3) is 4.87. The second kappa shape index (κ2) is 8.72. The lowest BCUT2D eigenvalue weighted by Crippen LogP contribution is -2.19. The molecule has 1 amide bonds. The number of aryl methyl sites for hydroxylation is 2. The molecule has 0 heterocycles. The van der Waals surface area contributed by atoms with Gasteiger partial charge >= 0.3 is 0 Å². The number of nitrogens with one attached hydrogen (secondary N) is 2. The molecule has 0 bridgehead atoms. The Labute approximate surface area is 154 Å². The largest absolute Gasteiger partial charge is 0.508 e. The quantitative estimate of drug-likeness (QED) is 0.419. The maximum atomic E-state index is 12.3. The molecule has 134 valence electrons. The number of hydrogen-bond acceptors (Lipinski definition) is 4. The van der Waals surface area contributed by atoms with E-state index in [1.165, 1.54) is 17.8 Å². The highest BCUT2D eigenvalue weighted by molar-refractivity contribution is 6.06. The molecular formula is C21H23N3O2. The fourth-order valence-electron chi connectivity index (χ4n) is 2.47. The van der Waals surface area contributed by atoms with Crippen molar-refractivity contribution in [2.75, 3.05) is 5.32 Å². The Morgan fingerprint density at radius 2 is 1.96 bits per heavy atom. The normalized spacial score (nSPS) is 12.2. The monoisotopic (exact) mass is 349 g/mol. The topological polar surface area (TPSA) is 85.2 Å². The van der Waals surface area contributed by atoms with Gasteiger partial charge in [-0.2, -0.15) is 5.26 Å². The third-order valence-electron chi connectivity index (χ3n) is 4.19. The minimum atomic E-state index is -0.498. The third-order valence-corrected chi connectivity index (χ3v) is 4.19. The lowest BCUT2D eigenvalue weighted by Gasteiger charge is -2.13. The molecule has 26 heavy (non-hydrogen) atoms. The van der Waals surface area contributed by atoms with Crippen molar-refractivity contribution >= 4 is 11.6 Å². The van der Waals surface area contributed by atoms with Crippen LogP contribution >= 0.6 is 0 Å². The van der Waals surface area contributed by atoms with Crippen LogP contribution in [0, 0.1) is 18.3 Å². The Kier molecular flexibility index (Phi) is 6.40. The Hall–Kier alpha value is -3.26. The first kappa shape index (κ1) is 19.1. The summed E-state index contributed by atoms with van der Waals surface area (Å²) in [6, 6.07) is 14.7. The molecule has 1 atom stereocenters. The highest BCUT2D eigenvalue weighted by atomic mass is 16.3. The molecule has 0 aromatic heterocycles. The van der Waals surface area contributed by atoms with Gasteiger partial charge in [-0.1, -0.05) is 31.2 Å². The molecule has 0 aliphatic rings. The number of aromatic hydroxyl groups is 1. The summed E-state index contributed by atoms with van der Waals surface area (Å²) in [5.41, 5.74) is 3.59. The molecule has 2 rings (SSSR count). The van der Waals surface area contributed by atoms with E-state index >= 15 is 0 Å². The van der Waals surface area contributed by atoms with Crippen LogP contribution in [-0.4, -0.2) is 11.0 Å². The van der Waals surface area contributed by atoms with Gasteiger partial charge in [0, 0.05) is 17.9 Å². The van der Waals surface area contributed by atoms with Crippen LogP contribution in [-0.2, 0) is 11.2 Å². The molecule has 0 radical (unpaired) electrons. The summed E-state index contributed by atoms with van der Waals surface area (Å²) in [4.78, 5) is 12.3. The van der Waals surface area contributed by atoms with Crippen molar-refractivity contribution in [2.24, 2.45) is 0 Å². The molecular weight excluding hydrogens is 326 g/mol. The van der Waals surface area contributed by atoms with E-state index in [0.29, 0.717) is 11.3 Å². The van der Waals surface area contributed by atoms with Gasteiger partial charge in [-0.3, -0.25) is 4.79 Å². The molecule has 5 nitrogen and oxygen atoms in total. The van der Waals surface area contributed by atoms with Crippen molar-refractivity contribution in [2.45, 2.75) is 33.2 Å². The first-order valence-corrected chi connectivity index (χ1v) is 8.50. The molecule has 3 N–H and O–H groups in total. The number of hydrogen-bond donors (Lipinski definition) is 3.